The number of hydrogen-bond acceptors (Lipinski definition) is 8. The van der Waals surface area contributed by atoms with E-state index in [1.165, 1.54) is 0 Å². The van der Waals surface area contributed by atoms with Crippen LogP contribution >= 0.6 is 0 Å². The van der Waals surface area contributed by atoms with Crippen LogP contribution in [-0.2, 0) is 9.59 Å². The molecule has 0 aliphatic heterocycles. The van der Waals surface area contributed by atoms with E-state index in [1.54, 1.807) is 0 Å². The van der Waals surface area contributed by atoms with Crippen molar-refractivity contribution in [2.45, 2.75) is 25.7 Å². The van der Waals surface area contributed by atoms with E-state index in [0.29, 0.717) is 0 Å². The smallest absolute Gasteiger partial charge is 0.134 e. The molecule has 0 aromatic carbocycles. The van der Waals surface area contributed by atoms with Gasteiger partial charge in [-0.25, -0.2) is 0 Å². The average molecular weight is 322 g/mol. The van der Waals surface area contributed by atoms with Gasteiger partial charge in [-0.2, -0.15) is 0 Å². The van der Waals surface area contributed by atoms with Gasteiger partial charge in [0.25, 0.3) is 0 Å². The lowest BCUT2D eigenvalue weighted by Crippen LogP contribution is -2.37. The van der Waals surface area contributed by atoms with Crippen molar-refractivity contribution in [3.8, 4) is 0 Å². The minimum absolute atomic E-state index is 0.140. The highest BCUT2D eigenvalue weighted by molar-refractivity contribution is 5.86. The van der Waals surface area contributed by atoms with Crippen molar-refractivity contribution < 1.29 is 40.2 Å². The molecule has 0 aromatic heterocycles. The normalized spacial score (nSPS) is 12.5. The Morgan fingerprint density at radius 1 is 0.545 bits per heavy atom. The summed E-state index contributed by atoms with van der Waals surface area (Å²) >= 11 is 0. The molecule has 0 atom stereocenters. The Balaban J connectivity index is 4.44. The van der Waals surface area contributed by atoms with Gasteiger partial charge in [0.2, 0.25) is 0 Å². The molecular formula is C14H26O8. The molecule has 0 aliphatic carbocycles. The summed E-state index contributed by atoms with van der Waals surface area (Å²) in [6.07, 6.45) is -0.790. The molecule has 0 unspecified atom stereocenters. The lowest BCUT2D eigenvalue weighted by Gasteiger charge is -2.27. The van der Waals surface area contributed by atoms with E-state index in [9.17, 15) is 9.59 Å². The zero-order valence-corrected chi connectivity index (χ0v) is 12.6. The van der Waals surface area contributed by atoms with Crippen LogP contribution in [-0.4, -0.2) is 81.8 Å². The van der Waals surface area contributed by atoms with E-state index >= 15 is 0 Å². The first kappa shape index (κ1) is 21.1. The topological polar surface area (TPSA) is 156 Å². The summed E-state index contributed by atoms with van der Waals surface area (Å²) < 4.78 is 0. The van der Waals surface area contributed by atoms with Crippen LogP contribution in [0.3, 0.4) is 0 Å². The van der Waals surface area contributed by atoms with Crippen molar-refractivity contribution in [1.29, 1.82) is 0 Å². The third-order valence-corrected chi connectivity index (χ3v) is 3.84. The third-order valence-electron chi connectivity index (χ3n) is 3.84. The Morgan fingerprint density at radius 2 is 0.773 bits per heavy atom. The molecule has 0 saturated carbocycles. The summed E-state index contributed by atoms with van der Waals surface area (Å²) in [5.41, 5.74) is -2.60. The van der Waals surface area contributed by atoms with Crippen LogP contribution < -0.4 is 0 Å². The molecule has 0 rings (SSSR count). The molecule has 0 fully saturated rings. The Bertz CT molecular complexity index is 296. The van der Waals surface area contributed by atoms with Gasteiger partial charge in [0.1, 0.15) is 11.6 Å². The summed E-state index contributed by atoms with van der Waals surface area (Å²) in [7, 11) is 0. The Kier molecular flexibility index (Phi) is 9.58. The summed E-state index contributed by atoms with van der Waals surface area (Å²) in [5.74, 6) is -0.791. The molecule has 130 valence electrons. The molecule has 0 heterocycles. The monoisotopic (exact) mass is 322 g/mol. The molecular weight excluding hydrogens is 296 g/mol. The average Bonchev–Trinajstić information content (AvgIpc) is 2.56. The fourth-order valence-electron chi connectivity index (χ4n) is 1.93. The van der Waals surface area contributed by atoms with E-state index in [4.69, 9.17) is 30.6 Å². The van der Waals surface area contributed by atoms with Crippen molar-refractivity contribution in [1.82, 2.24) is 0 Å². The number of hydrogen-bond donors (Lipinski definition) is 6. The van der Waals surface area contributed by atoms with Gasteiger partial charge in [-0.15, -0.1) is 0 Å². The largest absolute Gasteiger partial charge is 0.396 e. The van der Waals surface area contributed by atoms with Crippen molar-refractivity contribution in [2.75, 3.05) is 39.6 Å². The van der Waals surface area contributed by atoms with E-state index in [1.807, 2.05) is 0 Å². The molecule has 0 saturated heterocycles. The van der Waals surface area contributed by atoms with Gasteiger partial charge in [-0.1, -0.05) is 0 Å². The van der Waals surface area contributed by atoms with Gasteiger partial charge in [-0.05, 0) is 0 Å². The summed E-state index contributed by atoms with van der Waals surface area (Å²) in [6, 6.07) is 0. The van der Waals surface area contributed by atoms with Crippen LogP contribution in [0.4, 0.5) is 0 Å². The third kappa shape index (κ3) is 6.07. The van der Waals surface area contributed by atoms with Crippen molar-refractivity contribution in [3.05, 3.63) is 0 Å². The number of carbonyl (C=O) groups excluding carboxylic acids is 2. The van der Waals surface area contributed by atoms with Crippen LogP contribution in [0.2, 0.25) is 0 Å². The molecule has 0 spiro atoms. The van der Waals surface area contributed by atoms with Gasteiger partial charge in [-0.3, -0.25) is 9.59 Å². The van der Waals surface area contributed by atoms with Gasteiger partial charge in [0.15, 0.2) is 0 Å². The molecule has 6 N–H and O–H groups in total. The highest BCUT2D eigenvalue weighted by Gasteiger charge is 2.33. The molecule has 8 heteroatoms. The fraction of sp³-hybridized carbons (Fsp3) is 0.857. The molecule has 22 heavy (non-hydrogen) atoms. The van der Waals surface area contributed by atoms with Crippen molar-refractivity contribution in [2.24, 2.45) is 10.8 Å². The second kappa shape index (κ2) is 9.98. The van der Waals surface area contributed by atoms with Gasteiger partial charge >= 0.3 is 0 Å². The highest BCUT2D eigenvalue weighted by atomic mass is 16.3. The highest BCUT2D eigenvalue weighted by Crippen LogP contribution is 2.24. The number of aliphatic hydroxyl groups excluding tert-OH is 6. The molecule has 0 aliphatic rings. The van der Waals surface area contributed by atoms with Gasteiger partial charge in [0.05, 0.1) is 39.6 Å². The van der Waals surface area contributed by atoms with Crippen LogP contribution in [0.5, 0.6) is 0 Å². The molecule has 0 amide bonds. The minimum atomic E-state index is -1.30. The summed E-state index contributed by atoms with van der Waals surface area (Å²) in [6.45, 7) is -3.32. The predicted octanol–water partition coefficient (Wildman–Crippen LogP) is -2.39. The standard InChI is InChI=1S/C14H26O8/c15-5-13(6-16,7-17)3-11(21)1-2-12(22)4-14(8-18,9-19)10-20/h15-20H,1-10H2. The molecule has 0 bridgehead atoms. The SMILES string of the molecule is O=C(CCC(=O)CC(CO)(CO)CO)CC(CO)(CO)CO. The Morgan fingerprint density at radius 3 is 0.955 bits per heavy atom. The van der Waals surface area contributed by atoms with Gasteiger partial charge < -0.3 is 30.6 Å². The minimum Gasteiger partial charge on any atom is -0.396 e. The maximum absolute atomic E-state index is 11.8. The maximum Gasteiger partial charge on any atom is 0.134 e. The van der Waals surface area contributed by atoms with Crippen LogP contribution in [0.15, 0.2) is 0 Å². The second-order valence-electron chi connectivity index (χ2n) is 5.88. The first-order valence-corrected chi connectivity index (χ1v) is 7.05. The lowest BCUT2D eigenvalue weighted by atomic mass is 9.82. The maximum atomic E-state index is 11.8. The number of carbonyl (C=O) groups is 2. The number of aliphatic hydroxyl groups is 6. The predicted molar refractivity (Wildman–Crippen MR) is 75.9 cm³/mol. The Hall–Kier alpha value is -0.900. The van der Waals surface area contributed by atoms with Crippen molar-refractivity contribution in [3.63, 3.8) is 0 Å². The molecule has 8 nitrogen and oxygen atoms in total. The van der Waals surface area contributed by atoms with Crippen LogP contribution in [0.25, 0.3) is 0 Å². The number of rotatable bonds is 13. The quantitative estimate of drug-likeness (QED) is 0.219. The zero-order chi connectivity index (χ0) is 17.2. The number of ketones is 2. The van der Waals surface area contributed by atoms with E-state index in [-0.39, 0.29) is 25.7 Å². The Labute approximate surface area is 129 Å². The van der Waals surface area contributed by atoms with Crippen LogP contribution in [0.1, 0.15) is 25.7 Å². The van der Waals surface area contributed by atoms with Gasteiger partial charge in [0, 0.05) is 36.5 Å². The van der Waals surface area contributed by atoms with E-state index < -0.39 is 62.0 Å². The first-order chi connectivity index (χ1) is 10.4. The second-order valence-corrected chi connectivity index (χ2v) is 5.88. The summed E-state index contributed by atoms with van der Waals surface area (Å²) in [5, 5.41) is 54.8. The zero-order valence-electron chi connectivity index (χ0n) is 12.6. The summed E-state index contributed by atoms with van der Waals surface area (Å²) in [4.78, 5) is 23.6. The van der Waals surface area contributed by atoms with Crippen LogP contribution in [0, 0.1) is 10.8 Å². The number of Topliss-reactive ketones (excluding diaryl/α,β-unsaturated/α-hetero) is 2. The lowest BCUT2D eigenvalue weighted by molar-refractivity contribution is -0.129. The van der Waals surface area contributed by atoms with E-state index in [0.717, 1.165) is 0 Å². The fourth-order valence-corrected chi connectivity index (χ4v) is 1.93. The van der Waals surface area contributed by atoms with E-state index in [2.05, 4.69) is 0 Å². The molecule has 0 aromatic rings. The molecule has 0 radical (unpaired) electrons. The van der Waals surface area contributed by atoms with Crippen molar-refractivity contribution >= 4 is 11.6 Å². The first-order valence-electron chi connectivity index (χ1n) is 7.05.